The van der Waals surface area contributed by atoms with Gasteiger partial charge in [0, 0.05) is 0 Å². The Bertz CT molecular complexity index is 331. The number of aromatic carboxylic acids is 1. The Morgan fingerprint density at radius 2 is 2.29 bits per heavy atom. The molecule has 0 fully saturated rings. The molecule has 1 rings (SSSR count). The van der Waals surface area contributed by atoms with Crippen LogP contribution in [0.1, 0.15) is 29.9 Å². The molecule has 1 heterocycles. The summed E-state index contributed by atoms with van der Waals surface area (Å²) in [4.78, 5) is 10.8. The van der Waals surface area contributed by atoms with Crippen LogP contribution in [0.5, 0.6) is 5.88 Å². The lowest BCUT2D eigenvalue weighted by Gasteiger charge is -2.06. The first kappa shape index (κ1) is 10.6. The number of nitrogens with one attached hydrogen (secondary N) is 1. The molecule has 0 saturated carbocycles. The summed E-state index contributed by atoms with van der Waals surface area (Å²) in [5.41, 5.74) is 0.557. The first-order chi connectivity index (χ1) is 6.52. The number of aromatic nitrogens is 2. The van der Waals surface area contributed by atoms with Gasteiger partial charge in [-0.3, -0.25) is 0 Å². The predicted octanol–water partition coefficient (Wildman–Crippen LogP) is 1.45. The molecule has 0 bridgehead atoms. The second-order valence-electron chi connectivity index (χ2n) is 3.52. The van der Waals surface area contributed by atoms with E-state index in [1.165, 1.54) is 0 Å². The lowest BCUT2D eigenvalue weighted by Crippen LogP contribution is -2.08. The average molecular weight is 198 g/mol. The molecule has 0 spiro atoms. The third-order valence-electron chi connectivity index (χ3n) is 1.69. The summed E-state index contributed by atoms with van der Waals surface area (Å²) in [5, 5.41) is 15.2. The summed E-state index contributed by atoms with van der Waals surface area (Å²) < 4.78 is 5.28. The molecule has 5 heteroatoms. The average Bonchev–Trinajstić information content (AvgIpc) is 2.43. The van der Waals surface area contributed by atoms with Crippen LogP contribution in [0.15, 0.2) is 0 Å². The van der Waals surface area contributed by atoms with Crippen LogP contribution < -0.4 is 4.74 Å². The fraction of sp³-hybridized carbons (Fsp3) is 0.556. The molecular formula is C9H14N2O3. The van der Waals surface area contributed by atoms with Crippen molar-refractivity contribution in [3.05, 3.63) is 11.3 Å². The molecule has 0 amide bonds. The monoisotopic (exact) mass is 198 g/mol. The maximum Gasteiger partial charge on any atom is 0.343 e. The van der Waals surface area contributed by atoms with Crippen molar-refractivity contribution >= 4 is 5.97 Å². The Balaban J connectivity index is 2.81. The Morgan fingerprint density at radius 3 is 2.79 bits per heavy atom. The van der Waals surface area contributed by atoms with Gasteiger partial charge in [0.15, 0.2) is 0 Å². The second-order valence-corrected chi connectivity index (χ2v) is 3.52. The lowest BCUT2D eigenvalue weighted by atomic mass is 10.2. The minimum Gasteiger partial charge on any atom is -0.477 e. The Labute approximate surface area is 82.1 Å². The Morgan fingerprint density at radius 1 is 1.64 bits per heavy atom. The van der Waals surface area contributed by atoms with Gasteiger partial charge in [0.2, 0.25) is 5.88 Å². The maximum absolute atomic E-state index is 10.8. The molecule has 14 heavy (non-hydrogen) atoms. The van der Waals surface area contributed by atoms with Crippen molar-refractivity contribution in [2.45, 2.75) is 20.8 Å². The van der Waals surface area contributed by atoms with E-state index >= 15 is 0 Å². The van der Waals surface area contributed by atoms with Gasteiger partial charge in [0.1, 0.15) is 5.56 Å². The molecule has 0 atom stereocenters. The molecule has 0 aliphatic heterocycles. The van der Waals surface area contributed by atoms with Gasteiger partial charge >= 0.3 is 5.97 Å². The largest absolute Gasteiger partial charge is 0.477 e. The summed E-state index contributed by atoms with van der Waals surface area (Å²) in [5.74, 6) is -0.432. The van der Waals surface area contributed by atoms with Crippen molar-refractivity contribution in [2.75, 3.05) is 6.61 Å². The molecule has 1 aromatic heterocycles. The van der Waals surface area contributed by atoms with Crippen molar-refractivity contribution in [1.82, 2.24) is 10.2 Å². The van der Waals surface area contributed by atoms with Crippen molar-refractivity contribution in [3.63, 3.8) is 0 Å². The van der Waals surface area contributed by atoms with Crippen LogP contribution in [-0.2, 0) is 0 Å². The van der Waals surface area contributed by atoms with Crippen LogP contribution in [0, 0.1) is 12.8 Å². The van der Waals surface area contributed by atoms with Gasteiger partial charge in [-0.25, -0.2) is 9.89 Å². The normalized spacial score (nSPS) is 10.6. The number of hydrogen-bond donors (Lipinski definition) is 2. The number of nitrogens with zero attached hydrogens (tertiary/aromatic N) is 1. The summed E-state index contributed by atoms with van der Waals surface area (Å²) >= 11 is 0. The van der Waals surface area contributed by atoms with Gasteiger partial charge in [0.25, 0.3) is 0 Å². The van der Waals surface area contributed by atoms with E-state index in [1.807, 2.05) is 13.8 Å². The highest BCUT2D eigenvalue weighted by molar-refractivity contribution is 5.91. The topological polar surface area (TPSA) is 75.2 Å². The third-order valence-corrected chi connectivity index (χ3v) is 1.69. The number of hydrogen-bond acceptors (Lipinski definition) is 3. The van der Waals surface area contributed by atoms with E-state index in [0.29, 0.717) is 18.2 Å². The van der Waals surface area contributed by atoms with E-state index in [9.17, 15) is 4.79 Å². The highest BCUT2D eigenvalue weighted by Gasteiger charge is 2.18. The van der Waals surface area contributed by atoms with Crippen LogP contribution in [-0.4, -0.2) is 27.9 Å². The zero-order valence-electron chi connectivity index (χ0n) is 8.50. The van der Waals surface area contributed by atoms with Crippen molar-refractivity contribution in [3.8, 4) is 5.88 Å². The van der Waals surface area contributed by atoms with Crippen LogP contribution in [0.25, 0.3) is 0 Å². The number of aryl methyl sites for hydroxylation is 1. The maximum atomic E-state index is 10.8. The van der Waals surface area contributed by atoms with Gasteiger partial charge < -0.3 is 9.84 Å². The number of rotatable bonds is 4. The summed E-state index contributed by atoms with van der Waals surface area (Å²) in [7, 11) is 0. The number of carbonyl (C=O) groups is 1. The number of ether oxygens (including phenoxy) is 1. The van der Waals surface area contributed by atoms with Gasteiger partial charge in [-0.2, -0.15) is 5.10 Å². The minimum atomic E-state index is -1.02. The standard InChI is InChI=1S/C9H14N2O3/c1-5(2)4-14-8-7(9(12)13)6(3)10-11-8/h5H,4H2,1-3H3,(H,10,11)(H,12,13). The van der Waals surface area contributed by atoms with E-state index in [1.54, 1.807) is 6.92 Å². The zero-order chi connectivity index (χ0) is 10.7. The van der Waals surface area contributed by atoms with Gasteiger partial charge in [-0.15, -0.1) is 0 Å². The highest BCUT2D eigenvalue weighted by atomic mass is 16.5. The summed E-state index contributed by atoms with van der Waals surface area (Å²) in [6.45, 7) is 6.08. The van der Waals surface area contributed by atoms with Crippen molar-refractivity contribution in [2.24, 2.45) is 5.92 Å². The van der Waals surface area contributed by atoms with E-state index in [2.05, 4.69) is 10.2 Å². The SMILES string of the molecule is Cc1n[nH]c(OCC(C)C)c1C(=O)O. The Kier molecular flexibility index (Phi) is 3.11. The first-order valence-corrected chi connectivity index (χ1v) is 4.43. The molecule has 0 saturated heterocycles. The molecule has 0 aromatic carbocycles. The quantitative estimate of drug-likeness (QED) is 0.767. The molecule has 0 aliphatic carbocycles. The number of H-pyrrole nitrogens is 1. The first-order valence-electron chi connectivity index (χ1n) is 4.43. The molecular weight excluding hydrogens is 184 g/mol. The fourth-order valence-corrected chi connectivity index (χ4v) is 1.02. The van der Waals surface area contributed by atoms with E-state index < -0.39 is 5.97 Å². The van der Waals surface area contributed by atoms with Gasteiger partial charge in [0.05, 0.1) is 12.3 Å². The molecule has 0 aliphatic rings. The smallest absolute Gasteiger partial charge is 0.343 e. The number of carboxylic acids is 1. The van der Waals surface area contributed by atoms with Crippen LogP contribution in [0.3, 0.4) is 0 Å². The van der Waals surface area contributed by atoms with Crippen molar-refractivity contribution in [1.29, 1.82) is 0 Å². The Hall–Kier alpha value is -1.52. The number of carboxylic acid groups (broad SMARTS) is 1. The van der Waals surface area contributed by atoms with E-state index in [0.717, 1.165) is 0 Å². The van der Waals surface area contributed by atoms with Crippen LogP contribution in [0.4, 0.5) is 0 Å². The molecule has 1 aromatic rings. The molecule has 2 N–H and O–H groups in total. The number of aromatic amines is 1. The van der Waals surface area contributed by atoms with E-state index in [4.69, 9.17) is 9.84 Å². The molecule has 0 unspecified atom stereocenters. The highest BCUT2D eigenvalue weighted by Crippen LogP contribution is 2.18. The van der Waals surface area contributed by atoms with Gasteiger partial charge in [-0.1, -0.05) is 13.8 Å². The van der Waals surface area contributed by atoms with Crippen molar-refractivity contribution < 1.29 is 14.6 Å². The second kappa shape index (κ2) is 4.13. The minimum absolute atomic E-state index is 0.116. The zero-order valence-corrected chi connectivity index (χ0v) is 8.50. The van der Waals surface area contributed by atoms with Crippen LogP contribution >= 0.6 is 0 Å². The lowest BCUT2D eigenvalue weighted by molar-refractivity contribution is 0.0690. The predicted molar refractivity (Wildman–Crippen MR) is 50.6 cm³/mol. The molecule has 0 radical (unpaired) electrons. The summed E-state index contributed by atoms with van der Waals surface area (Å²) in [6, 6.07) is 0. The van der Waals surface area contributed by atoms with E-state index in [-0.39, 0.29) is 11.4 Å². The molecule has 5 nitrogen and oxygen atoms in total. The molecule has 78 valence electrons. The third kappa shape index (κ3) is 2.25. The van der Waals surface area contributed by atoms with Gasteiger partial charge in [-0.05, 0) is 12.8 Å². The summed E-state index contributed by atoms with van der Waals surface area (Å²) in [6.07, 6.45) is 0. The fourth-order valence-electron chi connectivity index (χ4n) is 1.02. The van der Waals surface area contributed by atoms with Crippen LogP contribution in [0.2, 0.25) is 0 Å².